The van der Waals surface area contributed by atoms with Crippen molar-refractivity contribution in [3.63, 3.8) is 0 Å². The number of hydrogen-bond acceptors (Lipinski definition) is 11. The summed E-state index contributed by atoms with van der Waals surface area (Å²) in [6.45, 7) is -1.06. The van der Waals surface area contributed by atoms with Gasteiger partial charge in [0.2, 0.25) is 0 Å². The van der Waals surface area contributed by atoms with E-state index in [-0.39, 0.29) is 34.0 Å². The fourth-order valence-corrected chi connectivity index (χ4v) is 5.57. The minimum absolute atomic E-state index is 0. The zero-order valence-electron chi connectivity index (χ0n) is 15.1. The molecule has 2 rings (SSSR count). The van der Waals surface area contributed by atoms with E-state index in [1.54, 1.807) is 0 Å². The van der Waals surface area contributed by atoms with E-state index in [9.17, 15) is 38.4 Å². The van der Waals surface area contributed by atoms with Crippen LogP contribution in [0.1, 0.15) is 6.23 Å². The summed E-state index contributed by atoms with van der Waals surface area (Å²) in [7, 11) is -16.8. The first-order valence-electron chi connectivity index (χ1n) is 7.32. The number of H-pyrrole nitrogens is 1. The van der Waals surface area contributed by atoms with Crippen LogP contribution >= 0.6 is 39.4 Å². The van der Waals surface area contributed by atoms with Gasteiger partial charge in [0, 0.05) is 6.20 Å². The second-order valence-electron chi connectivity index (χ2n) is 5.58. The molecule has 22 heteroatoms. The normalized spacial score (nSPS) is 27.8. The average Bonchev–Trinajstić information content (AvgIpc) is 2.81. The van der Waals surface area contributed by atoms with E-state index < -0.39 is 65.9 Å². The summed E-state index contributed by atoms with van der Waals surface area (Å²) >= 11 is 2.85. The number of aromatic nitrogens is 2. The third-order valence-corrected chi connectivity index (χ3v) is 7.72. The first kappa shape index (κ1) is 29.5. The molecule has 1 fully saturated rings. The molecule has 1 aromatic rings. The number of aromatic amines is 1. The van der Waals surface area contributed by atoms with Crippen LogP contribution < -0.4 is 40.8 Å². The van der Waals surface area contributed by atoms with Crippen LogP contribution in [0, 0.1) is 0 Å². The van der Waals surface area contributed by atoms with Crippen LogP contribution in [0.2, 0.25) is 0 Å². The fraction of sp³-hybridized carbons (Fsp3) is 0.556. The number of aliphatic hydroxyl groups excluding tert-OH is 2. The van der Waals surface area contributed by atoms with Gasteiger partial charge in [-0.3, -0.25) is 18.9 Å². The SMILES string of the molecule is O=c1[nH]c(=O)n([C@@H]2O[C@H](COP(=O)(O)OP(=O)(O)OP(=O)(O)O)[C@@H](O)[C@H]2O)cc1Br.[Na+]. The third kappa shape index (κ3) is 8.31. The van der Waals surface area contributed by atoms with Crippen molar-refractivity contribution in [3.05, 3.63) is 31.5 Å². The zero-order chi connectivity index (χ0) is 23.1. The van der Waals surface area contributed by atoms with Gasteiger partial charge in [-0.2, -0.15) is 8.62 Å². The number of nitrogens with zero attached hydrogens (tertiary/aromatic N) is 1. The monoisotopic (exact) mass is 585 g/mol. The molecule has 0 radical (unpaired) electrons. The predicted molar refractivity (Wildman–Crippen MR) is 94.8 cm³/mol. The Kier molecular flexibility index (Phi) is 10.3. The molecule has 1 saturated heterocycles. The second kappa shape index (κ2) is 10.8. The van der Waals surface area contributed by atoms with Crippen molar-refractivity contribution in [2.24, 2.45) is 0 Å². The summed E-state index contributed by atoms with van der Waals surface area (Å²) in [5, 5.41) is 20.0. The molecular weight excluding hydrogens is 572 g/mol. The summed E-state index contributed by atoms with van der Waals surface area (Å²) < 4.78 is 50.6. The molecule has 17 nitrogen and oxygen atoms in total. The van der Waals surface area contributed by atoms with E-state index in [4.69, 9.17) is 19.4 Å². The van der Waals surface area contributed by atoms with E-state index in [0.29, 0.717) is 4.57 Å². The summed E-state index contributed by atoms with van der Waals surface area (Å²) in [5.74, 6) is 0. The van der Waals surface area contributed by atoms with Crippen molar-refractivity contribution in [3.8, 4) is 0 Å². The van der Waals surface area contributed by atoms with Gasteiger partial charge in [-0.15, -0.1) is 0 Å². The Morgan fingerprint density at radius 1 is 1.06 bits per heavy atom. The molecule has 2 heterocycles. The molecule has 0 saturated carbocycles. The smallest absolute Gasteiger partial charge is 0.387 e. The van der Waals surface area contributed by atoms with Crippen molar-refractivity contribution in [1.82, 2.24) is 9.55 Å². The van der Waals surface area contributed by atoms with Gasteiger partial charge in [0.15, 0.2) is 6.23 Å². The number of aliphatic hydroxyl groups is 2. The topological polar surface area (TPSA) is 264 Å². The number of hydrogen-bond donors (Lipinski definition) is 7. The minimum Gasteiger partial charge on any atom is -0.387 e. The van der Waals surface area contributed by atoms with Crippen LogP contribution in [-0.2, 0) is 31.6 Å². The molecular formula is C9H14BrN2NaO15P3+. The van der Waals surface area contributed by atoms with Crippen molar-refractivity contribution < 1.29 is 90.9 Å². The first-order valence-corrected chi connectivity index (χ1v) is 12.6. The summed E-state index contributed by atoms with van der Waals surface area (Å²) in [6, 6.07) is 0. The molecule has 0 aliphatic carbocycles. The first-order chi connectivity index (χ1) is 13.5. The van der Waals surface area contributed by atoms with Crippen molar-refractivity contribution in [2.45, 2.75) is 24.5 Å². The van der Waals surface area contributed by atoms with Gasteiger partial charge >= 0.3 is 58.7 Å². The molecule has 0 amide bonds. The number of phosphoric ester groups is 1. The maximum atomic E-state index is 11.9. The third-order valence-electron chi connectivity index (χ3n) is 3.35. The maximum Gasteiger partial charge on any atom is 1.00 e. The van der Waals surface area contributed by atoms with Gasteiger partial charge in [-0.25, -0.2) is 18.5 Å². The molecule has 1 aliphatic heterocycles. The average molecular weight is 586 g/mol. The summed E-state index contributed by atoms with van der Waals surface area (Å²) in [6.07, 6.45) is -5.80. The molecule has 31 heavy (non-hydrogen) atoms. The standard InChI is InChI=1S/C9H14BrN2O15P3.Na/c10-3-1-12(9(16)11-7(3)15)8-6(14)5(13)4(25-8)2-24-29(20,21)27-30(22,23)26-28(17,18)19;/h1,4-6,8,13-14H,2H2,(H,20,21)(H,22,23)(H,11,15,16)(H2,17,18,19);/q;+1/t4-,5-,6-,8-;/m1./s1. The number of rotatable bonds is 8. The van der Waals surface area contributed by atoms with Gasteiger partial charge < -0.3 is 34.5 Å². The van der Waals surface area contributed by atoms with Crippen LogP contribution in [0.3, 0.4) is 0 Å². The second-order valence-corrected chi connectivity index (χ2v) is 10.9. The zero-order valence-corrected chi connectivity index (χ0v) is 21.4. The van der Waals surface area contributed by atoms with Crippen LogP contribution in [0.15, 0.2) is 20.3 Å². The maximum absolute atomic E-state index is 11.9. The Balaban J connectivity index is 0.00000480. The number of halogens is 1. The van der Waals surface area contributed by atoms with Crippen LogP contribution in [0.4, 0.5) is 0 Å². The fourth-order valence-electron chi connectivity index (χ4n) is 2.22. The van der Waals surface area contributed by atoms with Crippen LogP contribution in [-0.4, -0.2) is 64.3 Å². The van der Waals surface area contributed by atoms with Gasteiger partial charge in [-0.1, -0.05) is 0 Å². The molecule has 172 valence electrons. The Morgan fingerprint density at radius 2 is 1.65 bits per heavy atom. The molecule has 6 atom stereocenters. The van der Waals surface area contributed by atoms with Crippen LogP contribution in [0.25, 0.3) is 0 Å². The van der Waals surface area contributed by atoms with E-state index >= 15 is 0 Å². The van der Waals surface area contributed by atoms with E-state index in [0.717, 1.165) is 6.20 Å². The number of ether oxygens (including phenoxy) is 1. The molecule has 0 spiro atoms. The molecule has 1 aromatic heterocycles. The summed E-state index contributed by atoms with van der Waals surface area (Å²) in [5.41, 5.74) is -1.80. The Bertz CT molecular complexity index is 1050. The molecule has 0 aromatic carbocycles. The Labute approximate surface area is 201 Å². The number of phosphoric acid groups is 3. The summed E-state index contributed by atoms with van der Waals surface area (Å²) in [4.78, 5) is 60.5. The minimum atomic E-state index is -5.74. The quantitative estimate of drug-likeness (QED) is 0.111. The van der Waals surface area contributed by atoms with Crippen molar-refractivity contribution >= 4 is 39.4 Å². The molecule has 1 aliphatic rings. The van der Waals surface area contributed by atoms with Gasteiger partial charge in [-0.05, 0) is 15.9 Å². The molecule has 2 unspecified atom stereocenters. The Hall–Kier alpha value is 0.450. The van der Waals surface area contributed by atoms with Gasteiger partial charge in [0.25, 0.3) is 5.56 Å². The van der Waals surface area contributed by atoms with Crippen molar-refractivity contribution in [2.75, 3.05) is 6.61 Å². The Morgan fingerprint density at radius 3 is 2.19 bits per heavy atom. The van der Waals surface area contributed by atoms with E-state index in [1.807, 2.05) is 4.98 Å². The van der Waals surface area contributed by atoms with Crippen LogP contribution in [0.5, 0.6) is 0 Å². The predicted octanol–water partition coefficient (Wildman–Crippen LogP) is -4.73. The van der Waals surface area contributed by atoms with E-state index in [1.165, 1.54) is 0 Å². The molecule has 0 bridgehead atoms. The van der Waals surface area contributed by atoms with Gasteiger partial charge in [0.1, 0.15) is 18.3 Å². The van der Waals surface area contributed by atoms with Gasteiger partial charge in [0.05, 0.1) is 11.1 Å². The van der Waals surface area contributed by atoms with Crippen molar-refractivity contribution in [1.29, 1.82) is 0 Å². The molecule has 7 N–H and O–H groups in total. The van der Waals surface area contributed by atoms with E-state index in [2.05, 4.69) is 29.1 Å². The largest absolute Gasteiger partial charge is 1.00 e. The number of nitrogens with one attached hydrogen (secondary N) is 1.